The third-order valence-corrected chi connectivity index (χ3v) is 1.65. The highest BCUT2D eigenvalue weighted by Gasteiger charge is 2.27. The Morgan fingerprint density at radius 1 is 1.64 bits per heavy atom. The monoisotopic (exact) mass is 157 g/mol. The normalized spacial score (nSPS) is 19.0. The maximum Gasteiger partial charge on any atom is 0.138 e. The number of hydrogen-bond donors (Lipinski definition) is 1. The Balaban J connectivity index is 1.92. The van der Waals surface area contributed by atoms with Crippen LogP contribution >= 0.6 is 0 Å². The van der Waals surface area contributed by atoms with Gasteiger partial charge in [-0.15, -0.1) is 0 Å². The van der Waals surface area contributed by atoms with Crippen molar-refractivity contribution in [1.29, 1.82) is 0 Å². The first kappa shape index (κ1) is 8.68. The van der Waals surface area contributed by atoms with E-state index in [1.54, 1.807) is 0 Å². The second kappa shape index (κ2) is 3.83. The Kier molecular flexibility index (Phi) is 3.02. The number of carbonyl (C=O) groups is 1. The molecule has 0 aromatic carbocycles. The number of Topliss-reactive ketones (excluding diaryl/α,β-unsaturated/α-hetero) is 1. The van der Waals surface area contributed by atoms with Gasteiger partial charge >= 0.3 is 0 Å². The van der Waals surface area contributed by atoms with Crippen LogP contribution in [0.4, 0.5) is 0 Å². The van der Waals surface area contributed by atoms with Crippen LogP contribution in [-0.2, 0) is 9.63 Å². The van der Waals surface area contributed by atoms with E-state index >= 15 is 0 Å². The fourth-order valence-corrected chi connectivity index (χ4v) is 0.864. The number of rotatable bonds is 4. The molecule has 1 rings (SSSR count). The third kappa shape index (κ3) is 2.99. The van der Waals surface area contributed by atoms with Crippen molar-refractivity contribution in [1.82, 2.24) is 5.48 Å². The standard InChI is InChI=1S/C8H15NO2/c1-6(2)5-9-11-8-3-7(10)4-8/h6,8-9H,3-5H2,1-2H3. The highest BCUT2D eigenvalue weighted by atomic mass is 16.7. The van der Waals surface area contributed by atoms with Crippen LogP contribution in [0.25, 0.3) is 0 Å². The SMILES string of the molecule is CC(C)CNOC1CC(=O)C1. The van der Waals surface area contributed by atoms with Crippen molar-refractivity contribution < 1.29 is 9.63 Å². The fraction of sp³-hybridized carbons (Fsp3) is 0.875. The van der Waals surface area contributed by atoms with E-state index in [-0.39, 0.29) is 6.10 Å². The highest BCUT2D eigenvalue weighted by Crippen LogP contribution is 2.16. The van der Waals surface area contributed by atoms with Crippen LogP contribution in [-0.4, -0.2) is 18.4 Å². The highest BCUT2D eigenvalue weighted by molar-refractivity contribution is 5.85. The van der Waals surface area contributed by atoms with Gasteiger partial charge in [0.05, 0.1) is 6.10 Å². The summed E-state index contributed by atoms with van der Waals surface area (Å²) in [6.45, 7) is 5.08. The van der Waals surface area contributed by atoms with Gasteiger partial charge in [-0.05, 0) is 5.92 Å². The van der Waals surface area contributed by atoms with Crippen LogP contribution in [0, 0.1) is 5.92 Å². The van der Waals surface area contributed by atoms with E-state index in [4.69, 9.17) is 4.84 Å². The van der Waals surface area contributed by atoms with Crippen LogP contribution in [0.15, 0.2) is 0 Å². The second-order valence-corrected chi connectivity index (χ2v) is 3.43. The van der Waals surface area contributed by atoms with Crippen LogP contribution in [0.5, 0.6) is 0 Å². The van der Waals surface area contributed by atoms with Crippen molar-refractivity contribution in [3.05, 3.63) is 0 Å². The Morgan fingerprint density at radius 3 is 2.73 bits per heavy atom. The van der Waals surface area contributed by atoms with Crippen molar-refractivity contribution >= 4 is 5.78 Å². The lowest BCUT2D eigenvalue weighted by atomic mass is 9.95. The summed E-state index contributed by atoms with van der Waals surface area (Å²) < 4.78 is 0. The first-order chi connectivity index (χ1) is 5.18. The molecule has 1 saturated carbocycles. The molecule has 0 atom stereocenters. The van der Waals surface area contributed by atoms with E-state index in [0.29, 0.717) is 24.5 Å². The number of hydrogen-bond acceptors (Lipinski definition) is 3. The maximum absolute atomic E-state index is 10.5. The quantitative estimate of drug-likeness (QED) is 0.616. The van der Waals surface area contributed by atoms with Crippen molar-refractivity contribution in [3.8, 4) is 0 Å². The van der Waals surface area contributed by atoms with Crippen molar-refractivity contribution in [2.75, 3.05) is 6.54 Å². The summed E-state index contributed by atoms with van der Waals surface area (Å²) in [7, 11) is 0. The molecule has 1 aliphatic carbocycles. The van der Waals surface area contributed by atoms with Gasteiger partial charge in [0, 0.05) is 19.4 Å². The molecule has 3 nitrogen and oxygen atoms in total. The summed E-state index contributed by atoms with van der Waals surface area (Å²) in [5.41, 5.74) is 2.86. The van der Waals surface area contributed by atoms with Gasteiger partial charge < -0.3 is 0 Å². The van der Waals surface area contributed by atoms with Crippen LogP contribution in [0.3, 0.4) is 0 Å². The lowest BCUT2D eigenvalue weighted by molar-refractivity contribution is -0.140. The molecule has 0 aliphatic heterocycles. The lowest BCUT2D eigenvalue weighted by Crippen LogP contribution is -2.37. The van der Waals surface area contributed by atoms with Crippen molar-refractivity contribution in [2.24, 2.45) is 5.92 Å². The minimum atomic E-state index is 0.140. The summed E-state index contributed by atoms with van der Waals surface area (Å²) in [6.07, 6.45) is 1.32. The zero-order valence-corrected chi connectivity index (χ0v) is 7.09. The van der Waals surface area contributed by atoms with E-state index in [1.165, 1.54) is 0 Å². The van der Waals surface area contributed by atoms with Gasteiger partial charge in [0.25, 0.3) is 0 Å². The van der Waals surface area contributed by atoms with Crippen LogP contribution in [0.1, 0.15) is 26.7 Å². The summed E-state index contributed by atoms with van der Waals surface area (Å²) >= 11 is 0. The molecule has 0 saturated heterocycles. The zero-order valence-electron chi connectivity index (χ0n) is 7.09. The van der Waals surface area contributed by atoms with E-state index in [9.17, 15) is 4.79 Å². The van der Waals surface area contributed by atoms with Gasteiger partial charge in [0.15, 0.2) is 0 Å². The average Bonchev–Trinajstić information content (AvgIpc) is 1.83. The third-order valence-electron chi connectivity index (χ3n) is 1.65. The summed E-state index contributed by atoms with van der Waals surface area (Å²) in [6, 6.07) is 0. The van der Waals surface area contributed by atoms with Gasteiger partial charge in [-0.1, -0.05) is 13.8 Å². The van der Waals surface area contributed by atoms with Crippen molar-refractivity contribution in [2.45, 2.75) is 32.8 Å². The average molecular weight is 157 g/mol. The van der Waals surface area contributed by atoms with Crippen LogP contribution in [0.2, 0.25) is 0 Å². The largest absolute Gasteiger partial charge is 0.299 e. The molecule has 0 heterocycles. The van der Waals surface area contributed by atoms with E-state index < -0.39 is 0 Å². The van der Waals surface area contributed by atoms with Gasteiger partial charge in [-0.3, -0.25) is 9.63 Å². The first-order valence-electron chi connectivity index (χ1n) is 4.08. The molecular formula is C8H15NO2. The molecular weight excluding hydrogens is 142 g/mol. The van der Waals surface area contributed by atoms with Crippen LogP contribution < -0.4 is 5.48 Å². The number of nitrogens with one attached hydrogen (secondary N) is 1. The minimum absolute atomic E-state index is 0.140. The molecule has 0 unspecified atom stereocenters. The Labute approximate surface area is 67.1 Å². The zero-order chi connectivity index (χ0) is 8.27. The number of carbonyl (C=O) groups excluding carboxylic acids is 1. The summed E-state index contributed by atoms with van der Waals surface area (Å²) in [5.74, 6) is 0.895. The number of ketones is 1. The minimum Gasteiger partial charge on any atom is -0.299 e. The topological polar surface area (TPSA) is 38.3 Å². The Morgan fingerprint density at radius 2 is 2.27 bits per heavy atom. The van der Waals surface area contributed by atoms with E-state index in [2.05, 4.69) is 19.3 Å². The Hall–Kier alpha value is -0.410. The molecule has 11 heavy (non-hydrogen) atoms. The second-order valence-electron chi connectivity index (χ2n) is 3.43. The van der Waals surface area contributed by atoms with Gasteiger partial charge in [-0.25, -0.2) is 5.48 Å². The number of hydroxylamine groups is 1. The molecule has 1 fully saturated rings. The molecule has 0 aromatic heterocycles. The summed E-state index contributed by atoms with van der Waals surface area (Å²) in [5, 5.41) is 0. The fourth-order valence-electron chi connectivity index (χ4n) is 0.864. The molecule has 3 heteroatoms. The molecule has 1 aliphatic rings. The Bertz CT molecular complexity index is 137. The van der Waals surface area contributed by atoms with Gasteiger partial charge in [-0.2, -0.15) is 0 Å². The molecule has 0 spiro atoms. The first-order valence-corrected chi connectivity index (χ1v) is 4.08. The molecule has 0 radical (unpaired) electrons. The summed E-state index contributed by atoms with van der Waals surface area (Å²) in [4.78, 5) is 15.7. The molecule has 64 valence electrons. The van der Waals surface area contributed by atoms with Gasteiger partial charge in [0.2, 0.25) is 0 Å². The smallest absolute Gasteiger partial charge is 0.138 e. The van der Waals surface area contributed by atoms with Gasteiger partial charge in [0.1, 0.15) is 5.78 Å². The lowest BCUT2D eigenvalue weighted by Gasteiger charge is -2.24. The predicted octanol–water partition coefficient (Wildman–Crippen LogP) is 0.895. The van der Waals surface area contributed by atoms with Crippen molar-refractivity contribution in [3.63, 3.8) is 0 Å². The predicted molar refractivity (Wildman–Crippen MR) is 42.0 cm³/mol. The van der Waals surface area contributed by atoms with E-state index in [0.717, 1.165) is 6.54 Å². The molecule has 0 amide bonds. The molecule has 1 N–H and O–H groups in total. The molecule has 0 aromatic rings. The van der Waals surface area contributed by atoms with E-state index in [1.807, 2.05) is 0 Å². The maximum atomic E-state index is 10.5. The molecule has 0 bridgehead atoms.